The van der Waals surface area contributed by atoms with Gasteiger partial charge in [0.15, 0.2) is 16.4 Å². The molecular formula is C12H15NO6S2. The lowest BCUT2D eigenvalue weighted by Gasteiger charge is -2.23. The molecule has 0 aromatic carbocycles. The number of amides is 1. The van der Waals surface area contributed by atoms with Crippen molar-refractivity contribution in [1.82, 2.24) is 4.90 Å². The Morgan fingerprint density at radius 1 is 1.52 bits per heavy atom. The third kappa shape index (κ3) is 3.94. The summed E-state index contributed by atoms with van der Waals surface area (Å²) in [6.45, 7) is -0.247. The maximum Gasteiger partial charge on any atom is 0.346 e. The Morgan fingerprint density at radius 3 is 2.76 bits per heavy atom. The Bertz CT molecular complexity index is 650. The summed E-state index contributed by atoms with van der Waals surface area (Å²) in [6, 6.07) is 1.03. The first kappa shape index (κ1) is 15.8. The number of carboxylic acids is 1. The lowest BCUT2D eigenvalue weighted by atomic mass is 10.2. The monoisotopic (exact) mass is 333 g/mol. The lowest BCUT2D eigenvalue weighted by Crippen LogP contribution is -2.40. The van der Waals surface area contributed by atoms with Crippen LogP contribution in [0.15, 0.2) is 11.4 Å². The molecule has 2 heterocycles. The molecule has 0 radical (unpaired) electrons. The number of aromatic carboxylic acids is 1. The van der Waals surface area contributed by atoms with Gasteiger partial charge < -0.3 is 14.7 Å². The van der Waals surface area contributed by atoms with E-state index in [1.807, 2.05) is 0 Å². The predicted octanol–water partition coefficient (Wildman–Crippen LogP) is 0.471. The zero-order valence-corrected chi connectivity index (χ0v) is 12.9. The number of carbonyl (C=O) groups excluding carboxylic acids is 1. The molecule has 1 amide bonds. The van der Waals surface area contributed by atoms with E-state index < -0.39 is 15.8 Å². The first-order valence-corrected chi connectivity index (χ1v) is 8.89. The highest BCUT2D eigenvalue weighted by atomic mass is 32.2. The lowest BCUT2D eigenvalue weighted by molar-refractivity contribution is -0.133. The molecule has 1 N–H and O–H groups in total. The van der Waals surface area contributed by atoms with Gasteiger partial charge in [-0.25, -0.2) is 13.2 Å². The number of hydrogen-bond acceptors (Lipinski definition) is 6. The number of carbonyl (C=O) groups is 2. The Balaban J connectivity index is 1.88. The van der Waals surface area contributed by atoms with Crippen molar-refractivity contribution in [3.8, 4) is 5.75 Å². The average molecular weight is 333 g/mol. The van der Waals surface area contributed by atoms with Crippen molar-refractivity contribution in [2.45, 2.75) is 12.5 Å². The fourth-order valence-corrected chi connectivity index (χ4v) is 4.48. The molecule has 1 aromatic rings. The van der Waals surface area contributed by atoms with Crippen molar-refractivity contribution in [3.05, 3.63) is 16.3 Å². The fraction of sp³-hybridized carbons (Fsp3) is 0.500. The van der Waals surface area contributed by atoms with Crippen LogP contribution < -0.4 is 4.74 Å². The van der Waals surface area contributed by atoms with Crippen LogP contribution in [0, 0.1) is 0 Å². The minimum absolute atomic E-state index is 0.0170. The van der Waals surface area contributed by atoms with Gasteiger partial charge in [0.2, 0.25) is 0 Å². The molecule has 2 rings (SSSR count). The highest BCUT2D eigenvalue weighted by Gasteiger charge is 2.32. The van der Waals surface area contributed by atoms with Crippen molar-refractivity contribution in [3.63, 3.8) is 0 Å². The summed E-state index contributed by atoms with van der Waals surface area (Å²) in [4.78, 5) is 24.2. The van der Waals surface area contributed by atoms with Crippen LogP contribution in [-0.4, -0.2) is 61.5 Å². The molecule has 0 saturated carbocycles. The number of nitrogens with zero attached hydrogens (tertiary/aromatic N) is 1. The number of thiophene rings is 1. The summed E-state index contributed by atoms with van der Waals surface area (Å²) in [5, 5.41) is 10.3. The molecule has 116 valence electrons. The van der Waals surface area contributed by atoms with Gasteiger partial charge in [0.05, 0.1) is 11.5 Å². The van der Waals surface area contributed by atoms with Crippen molar-refractivity contribution in [2.75, 3.05) is 25.2 Å². The number of sulfone groups is 1. The van der Waals surface area contributed by atoms with E-state index >= 15 is 0 Å². The van der Waals surface area contributed by atoms with Crippen LogP contribution in [0.5, 0.6) is 5.75 Å². The highest BCUT2D eigenvalue weighted by molar-refractivity contribution is 7.91. The van der Waals surface area contributed by atoms with E-state index in [1.54, 1.807) is 7.05 Å². The number of likely N-dealkylation sites (N-methyl/N-ethyl adjacent to an activating group) is 1. The van der Waals surface area contributed by atoms with Gasteiger partial charge in [-0.3, -0.25) is 4.79 Å². The predicted molar refractivity (Wildman–Crippen MR) is 76.6 cm³/mol. The fourth-order valence-electron chi connectivity index (χ4n) is 2.04. The SMILES string of the molecule is CN(C(=O)COc1csc(C(=O)O)c1)C1CCS(=O)(=O)C1. The Hall–Kier alpha value is -1.61. The zero-order valence-electron chi connectivity index (χ0n) is 11.3. The highest BCUT2D eigenvalue weighted by Crippen LogP contribution is 2.22. The molecule has 1 unspecified atom stereocenters. The van der Waals surface area contributed by atoms with E-state index in [-0.39, 0.29) is 34.9 Å². The van der Waals surface area contributed by atoms with Gasteiger partial charge in [0.1, 0.15) is 10.6 Å². The van der Waals surface area contributed by atoms with Gasteiger partial charge in [0, 0.05) is 24.5 Å². The molecule has 1 aliphatic heterocycles. The van der Waals surface area contributed by atoms with Crippen molar-refractivity contribution < 1.29 is 27.9 Å². The second-order valence-corrected chi connectivity index (χ2v) is 7.94. The average Bonchev–Trinajstić information content (AvgIpc) is 3.01. The number of rotatable bonds is 5. The van der Waals surface area contributed by atoms with Crippen LogP contribution in [0.2, 0.25) is 0 Å². The van der Waals surface area contributed by atoms with Gasteiger partial charge in [-0.2, -0.15) is 0 Å². The topological polar surface area (TPSA) is 101 Å². The standard InChI is InChI=1S/C12H15NO6S2/c1-13(8-2-3-21(17,18)7-8)11(14)5-19-9-4-10(12(15)16)20-6-9/h4,6,8H,2-3,5,7H2,1H3,(H,15,16). The zero-order chi connectivity index (χ0) is 15.6. The van der Waals surface area contributed by atoms with Crippen LogP contribution in [0.25, 0.3) is 0 Å². The molecule has 1 aliphatic rings. The van der Waals surface area contributed by atoms with Gasteiger partial charge >= 0.3 is 5.97 Å². The maximum absolute atomic E-state index is 11.9. The Kier molecular flexibility index (Phi) is 4.52. The molecule has 1 atom stereocenters. The van der Waals surface area contributed by atoms with Crippen LogP contribution in [0.4, 0.5) is 0 Å². The molecule has 1 fully saturated rings. The van der Waals surface area contributed by atoms with Crippen LogP contribution in [0.3, 0.4) is 0 Å². The molecule has 7 nitrogen and oxygen atoms in total. The Labute approximate surface area is 126 Å². The van der Waals surface area contributed by atoms with Gasteiger partial charge in [-0.15, -0.1) is 11.3 Å². The van der Waals surface area contributed by atoms with Crippen molar-refractivity contribution >= 4 is 33.1 Å². The summed E-state index contributed by atoms with van der Waals surface area (Å²) in [6.07, 6.45) is 0.437. The normalized spacial score (nSPS) is 20.1. The largest absolute Gasteiger partial charge is 0.483 e. The minimum atomic E-state index is -3.05. The van der Waals surface area contributed by atoms with E-state index in [2.05, 4.69) is 0 Å². The smallest absolute Gasteiger partial charge is 0.346 e. The molecular weight excluding hydrogens is 318 g/mol. The molecule has 21 heavy (non-hydrogen) atoms. The van der Waals surface area contributed by atoms with Crippen molar-refractivity contribution in [1.29, 1.82) is 0 Å². The van der Waals surface area contributed by atoms with E-state index in [0.717, 1.165) is 11.3 Å². The molecule has 0 bridgehead atoms. The first-order valence-electron chi connectivity index (χ1n) is 6.19. The number of carboxylic acid groups (broad SMARTS) is 1. The molecule has 0 spiro atoms. The second-order valence-electron chi connectivity index (χ2n) is 4.80. The van der Waals surface area contributed by atoms with Crippen LogP contribution in [0.1, 0.15) is 16.1 Å². The third-order valence-corrected chi connectivity index (χ3v) is 5.94. The minimum Gasteiger partial charge on any atom is -0.483 e. The van der Waals surface area contributed by atoms with Crippen LogP contribution >= 0.6 is 11.3 Å². The molecule has 1 aromatic heterocycles. The maximum atomic E-state index is 11.9. The van der Waals surface area contributed by atoms with Gasteiger partial charge in [-0.05, 0) is 6.42 Å². The third-order valence-electron chi connectivity index (χ3n) is 3.30. The quantitative estimate of drug-likeness (QED) is 0.840. The summed E-state index contributed by atoms with van der Waals surface area (Å²) < 4.78 is 28.0. The van der Waals surface area contributed by atoms with E-state index in [9.17, 15) is 18.0 Å². The van der Waals surface area contributed by atoms with Gasteiger partial charge in [0.25, 0.3) is 5.91 Å². The van der Waals surface area contributed by atoms with Crippen molar-refractivity contribution in [2.24, 2.45) is 0 Å². The van der Waals surface area contributed by atoms with E-state index in [1.165, 1.54) is 16.3 Å². The van der Waals surface area contributed by atoms with Crippen LogP contribution in [-0.2, 0) is 14.6 Å². The second kappa shape index (κ2) is 6.02. The summed E-state index contributed by atoms with van der Waals surface area (Å²) in [5.74, 6) is -0.979. The van der Waals surface area contributed by atoms with E-state index in [4.69, 9.17) is 9.84 Å². The first-order chi connectivity index (χ1) is 9.78. The molecule has 1 saturated heterocycles. The molecule has 9 heteroatoms. The number of ether oxygens (including phenoxy) is 1. The summed E-state index contributed by atoms with van der Waals surface area (Å²) in [7, 11) is -1.50. The number of hydrogen-bond donors (Lipinski definition) is 1. The summed E-state index contributed by atoms with van der Waals surface area (Å²) in [5.41, 5.74) is 0. The summed E-state index contributed by atoms with van der Waals surface area (Å²) >= 11 is 1.01. The van der Waals surface area contributed by atoms with Gasteiger partial charge in [-0.1, -0.05) is 0 Å². The molecule has 0 aliphatic carbocycles. The Morgan fingerprint density at radius 2 is 2.24 bits per heavy atom. The van der Waals surface area contributed by atoms with E-state index in [0.29, 0.717) is 12.2 Å².